The van der Waals surface area contributed by atoms with E-state index in [1.54, 1.807) is 6.07 Å². The summed E-state index contributed by atoms with van der Waals surface area (Å²) in [6.07, 6.45) is 1.38. The Bertz CT molecular complexity index is 670. The average molecular weight is 272 g/mol. The molecule has 2 rings (SSSR count). The maximum Gasteiger partial charge on any atom is 0.242 e. The summed E-state index contributed by atoms with van der Waals surface area (Å²) in [5.74, 6) is 0. The normalized spacial score (nSPS) is 12.2. The van der Waals surface area contributed by atoms with Gasteiger partial charge in [-0.3, -0.25) is 4.98 Å². The van der Waals surface area contributed by atoms with Crippen LogP contribution in [-0.2, 0) is 10.0 Å². The molecule has 2 aromatic rings. The molecule has 0 N–H and O–H groups in total. The van der Waals surface area contributed by atoms with Crippen molar-refractivity contribution in [2.24, 2.45) is 0 Å². The first-order valence-corrected chi connectivity index (χ1v) is 6.58. The van der Waals surface area contributed by atoms with Gasteiger partial charge in [0.15, 0.2) is 0 Å². The molecule has 0 bridgehead atoms. The lowest BCUT2D eigenvalue weighted by atomic mass is 10.3. The van der Waals surface area contributed by atoms with Crippen molar-refractivity contribution in [3.8, 4) is 0 Å². The number of hydrogen-bond donors (Lipinski definition) is 0. The molecular formula is C10H10ClN3O2S. The lowest BCUT2D eigenvalue weighted by Gasteiger charge is -2.11. The number of rotatable bonds is 2. The zero-order valence-electron chi connectivity index (χ0n) is 9.25. The van der Waals surface area contributed by atoms with Gasteiger partial charge in [-0.2, -0.15) is 0 Å². The molecule has 0 spiro atoms. The highest BCUT2D eigenvalue weighted by molar-refractivity contribution is 7.89. The van der Waals surface area contributed by atoms with Crippen molar-refractivity contribution in [2.75, 3.05) is 14.1 Å². The van der Waals surface area contributed by atoms with Gasteiger partial charge in [0.05, 0.1) is 22.1 Å². The van der Waals surface area contributed by atoms with Gasteiger partial charge in [0, 0.05) is 14.1 Å². The van der Waals surface area contributed by atoms with Crippen LogP contribution >= 0.6 is 11.6 Å². The van der Waals surface area contributed by atoms with Crippen molar-refractivity contribution in [3.63, 3.8) is 0 Å². The van der Waals surface area contributed by atoms with Crippen LogP contribution in [-0.4, -0.2) is 36.8 Å². The van der Waals surface area contributed by atoms with E-state index in [0.717, 1.165) is 4.31 Å². The number of halogens is 1. The molecule has 1 aromatic carbocycles. The first-order chi connectivity index (χ1) is 7.91. The number of hydrogen-bond acceptors (Lipinski definition) is 4. The van der Waals surface area contributed by atoms with Crippen molar-refractivity contribution in [3.05, 3.63) is 29.5 Å². The summed E-state index contributed by atoms with van der Waals surface area (Å²) in [6, 6.07) is 4.56. The lowest BCUT2D eigenvalue weighted by molar-refractivity contribution is 0.521. The Morgan fingerprint density at radius 2 is 1.94 bits per heavy atom. The summed E-state index contributed by atoms with van der Waals surface area (Å²) < 4.78 is 24.9. The van der Waals surface area contributed by atoms with E-state index in [0.29, 0.717) is 11.0 Å². The Labute approximate surface area is 104 Å². The minimum absolute atomic E-state index is 0.187. The average Bonchev–Trinajstić information content (AvgIpc) is 2.28. The summed E-state index contributed by atoms with van der Waals surface area (Å²) in [6.45, 7) is 0. The van der Waals surface area contributed by atoms with E-state index in [1.807, 2.05) is 0 Å². The van der Waals surface area contributed by atoms with Crippen molar-refractivity contribution < 1.29 is 8.42 Å². The van der Waals surface area contributed by atoms with E-state index in [2.05, 4.69) is 9.97 Å². The fourth-order valence-corrected chi connectivity index (χ4v) is 2.40. The number of benzene rings is 1. The van der Waals surface area contributed by atoms with Crippen LogP contribution in [0.25, 0.3) is 11.0 Å². The van der Waals surface area contributed by atoms with Crippen molar-refractivity contribution in [1.82, 2.24) is 14.3 Å². The molecule has 0 unspecified atom stereocenters. The number of aromatic nitrogens is 2. The van der Waals surface area contributed by atoms with Gasteiger partial charge in [-0.1, -0.05) is 11.6 Å². The van der Waals surface area contributed by atoms with Crippen LogP contribution < -0.4 is 0 Å². The van der Waals surface area contributed by atoms with E-state index < -0.39 is 10.0 Å². The van der Waals surface area contributed by atoms with Gasteiger partial charge in [0.2, 0.25) is 10.0 Å². The predicted octanol–water partition coefficient (Wildman–Crippen LogP) is 1.53. The van der Waals surface area contributed by atoms with Crippen LogP contribution in [0.4, 0.5) is 0 Å². The van der Waals surface area contributed by atoms with E-state index in [9.17, 15) is 8.42 Å². The van der Waals surface area contributed by atoms with E-state index in [-0.39, 0.29) is 10.0 Å². The molecule has 1 heterocycles. The fourth-order valence-electron chi connectivity index (χ4n) is 1.34. The van der Waals surface area contributed by atoms with E-state index in [4.69, 9.17) is 11.6 Å². The Balaban J connectivity index is 2.64. The Hall–Kier alpha value is -1.24. The smallest absolute Gasteiger partial charge is 0.242 e. The van der Waals surface area contributed by atoms with Crippen LogP contribution in [0.3, 0.4) is 0 Å². The molecule has 1 aromatic heterocycles. The third kappa shape index (κ3) is 2.24. The van der Waals surface area contributed by atoms with Crippen LogP contribution in [0.1, 0.15) is 0 Å². The minimum atomic E-state index is -3.45. The van der Waals surface area contributed by atoms with E-state index in [1.165, 1.54) is 32.4 Å². The molecule has 0 aliphatic heterocycles. The lowest BCUT2D eigenvalue weighted by Crippen LogP contribution is -2.22. The van der Waals surface area contributed by atoms with Crippen molar-refractivity contribution >= 4 is 32.7 Å². The molecule has 0 radical (unpaired) electrons. The molecule has 5 nitrogen and oxygen atoms in total. The molecule has 0 saturated carbocycles. The third-order valence-corrected chi connectivity index (χ3v) is 4.26. The first-order valence-electron chi connectivity index (χ1n) is 4.76. The molecule has 0 amide bonds. The van der Waals surface area contributed by atoms with Gasteiger partial charge < -0.3 is 0 Å². The summed E-state index contributed by atoms with van der Waals surface area (Å²) in [4.78, 5) is 8.26. The highest BCUT2D eigenvalue weighted by atomic mass is 35.5. The van der Waals surface area contributed by atoms with Gasteiger partial charge in [0.25, 0.3) is 0 Å². The molecule has 0 fully saturated rings. The Morgan fingerprint density at radius 3 is 2.59 bits per heavy atom. The van der Waals surface area contributed by atoms with Gasteiger partial charge in [0.1, 0.15) is 5.15 Å². The topological polar surface area (TPSA) is 63.2 Å². The SMILES string of the molecule is CN(C)S(=O)(=O)c1ccc2nc(Cl)cnc2c1. The molecular weight excluding hydrogens is 262 g/mol. The summed E-state index contributed by atoms with van der Waals surface area (Å²) in [5, 5.41) is 0.278. The van der Waals surface area contributed by atoms with Crippen LogP contribution in [0.15, 0.2) is 29.3 Å². The minimum Gasteiger partial charge on any atom is -0.251 e. The molecule has 0 saturated heterocycles. The predicted molar refractivity (Wildman–Crippen MR) is 65.4 cm³/mol. The molecule has 7 heteroatoms. The summed E-state index contributed by atoms with van der Waals surface area (Å²) in [5.41, 5.74) is 1.06. The van der Waals surface area contributed by atoms with Crippen LogP contribution in [0.2, 0.25) is 5.15 Å². The molecule has 0 aliphatic rings. The Morgan fingerprint density at radius 1 is 1.24 bits per heavy atom. The summed E-state index contributed by atoms with van der Waals surface area (Å²) in [7, 11) is -0.487. The zero-order chi connectivity index (χ0) is 12.6. The molecule has 0 atom stereocenters. The monoisotopic (exact) mass is 271 g/mol. The van der Waals surface area contributed by atoms with Crippen molar-refractivity contribution in [1.29, 1.82) is 0 Å². The highest BCUT2D eigenvalue weighted by Gasteiger charge is 2.17. The molecule has 90 valence electrons. The van der Waals surface area contributed by atoms with Gasteiger partial charge >= 0.3 is 0 Å². The first kappa shape index (κ1) is 12.2. The maximum atomic E-state index is 11.9. The second kappa shape index (κ2) is 4.21. The van der Waals surface area contributed by atoms with Crippen molar-refractivity contribution in [2.45, 2.75) is 4.90 Å². The second-order valence-corrected chi connectivity index (χ2v) is 6.17. The van der Waals surface area contributed by atoms with Crippen LogP contribution in [0.5, 0.6) is 0 Å². The largest absolute Gasteiger partial charge is 0.251 e. The quantitative estimate of drug-likeness (QED) is 0.831. The van der Waals surface area contributed by atoms with Gasteiger partial charge in [-0.05, 0) is 18.2 Å². The number of nitrogens with zero attached hydrogens (tertiary/aromatic N) is 3. The fraction of sp³-hybridized carbons (Fsp3) is 0.200. The number of fused-ring (bicyclic) bond motifs is 1. The number of sulfonamides is 1. The third-order valence-electron chi connectivity index (χ3n) is 2.26. The molecule has 0 aliphatic carbocycles. The van der Waals surface area contributed by atoms with E-state index >= 15 is 0 Å². The van der Waals surface area contributed by atoms with Gasteiger partial charge in [-0.25, -0.2) is 17.7 Å². The van der Waals surface area contributed by atoms with Crippen LogP contribution in [0, 0.1) is 0 Å². The zero-order valence-corrected chi connectivity index (χ0v) is 10.8. The summed E-state index contributed by atoms with van der Waals surface area (Å²) >= 11 is 5.70. The standard InChI is InChI=1S/C10H10ClN3O2S/c1-14(2)17(15,16)7-3-4-8-9(5-7)12-6-10(11)13-8/h3-6H,1-2H3. The van der Waals surface area contributed by atoms with Gasteiger partial charge in [-0.15, -0.1) is 0 Å². The molecule has 17 heavy (non-hydrogen) atoms. The highest BCUT2D eigenvalue weighted by Crippen LogP contribution is 2.19. The second-order valence-electron chi connectivity index (χ2n) is 3.63. The Kier molecular flexibility index (Phi) is 3.03. The maximum absolute atomic E-state index is 11.9.